The van der Waals surface area contributed by atoms with Gasteiger partial charge < -0.3 is 0 Å². The zero-order valence-electron chi connectivity index (χ0n) is 8.52. The number of rotatable bonds is 8. The lowest BCUT2D eigenvalue weighted by molar-refractivity contribution is 0.599. The molecule has 0 nitrogen and oxygen atoms in total. The van der Waals surface area contributed by atoms with Crippen molar-refractivity contribution < 1.29 is 0 Å². The van der Waals surface area contributed by atoms with Gasteiger partial charge in [-0.25, -0.2) is 0 Å². The Kier molecular flexibility index (Phi) is 10.5. The molecule has 0 heteroatoms. The first-order valence-electron chi connectivity index (χ1n) is 5.32. The Morgan fingerprint density at radius 1 is 0.917 bits per heavy atom. The first-order chi connectivity index (χ1) is 5.91. The normalized spacial score (nSPS) is 11.2. The zero-order valence-corrected chi connectivity index (χ0v) is 8.52. The van der Waals surface area contributed by atoms with Crippen LogP contribution in [0.25, 0.3) is 0 Å². The van der Waals surface area contributed by atoms with Crippen molar-refractivity contribution in [1.29, 1.82) is 0 Å². The van der Waals surface area contributed by atoms with E-state index in [1.54, 1.807) is 0 Å². The van der Waals surface area contributed by atoms with E-state index in [2.05, 4.69) is 26.0 Å². The molecule has 0 aliphatic rings. The van der Waals surface area contributed by atoms with Gasteiger partial charge in [0.1, 0.15) is 0 Å². The summed E-state index contributed by atoms with van der Waals surface area (Å²) in [6, 6.07) is 0. The van der Waals surface area contributed by atoms with E-state index in [9.17, 15) is 0 Å². The second-order valence-electron chi connectivity index (χ2n) is 3.33. The molecule has 0 aliphatic heterocycles. The fourth-order valence-corrected chi connectivity index (χ4v) is 1.31. The molecule has 0 fully saturated rings. The summed E-state index contributed by atoms with van der Waals surface area (Å²) in [4.78, 5) is 0. The zero-order chi connectivity index (χ0) is 9.07. The smallest absolute Gasteiger partial charge is 0.0351 e. The first-order valence-corrected chi connectivity index (χ1v) is 5.32. The van der Waals surface area contributed by atoms with Gasteiger partial charge in [-0.1, -0.05) is 57.6 Å². The van der Waals surface area contributed by atoms with Gasteiger partial charge in [0.05, 0.1) is 0 Å². The van der Waals surface area contributed by atoms with E-state index in [0.717, 1.165) is 6.42 Å². The highest BCUT2D eigenvalue weighted by atomic mass is 13.9. The van der Waals surface area contributed by atoms with Crippen LogP contribution < -0.4 is 0 Å². The minimum absolute atomic E-state index is 1.11. The van der Waals surface area contributed by atoms with Crippen LogP contribution >= 0.6 is 0 Å². The molecule has 0 aromatic heterocycles. The van der Waals surface area contributed by atoms with Crippen molar-refractivity contribution in [3.05, 3.63) is 19.1 Å². The summed E-state index contributed by atoms with van der Waals surface area (Å²) in [5, 5.41) is 0. The lowest BCUT2D eigenvalue weighted by Gasteiger charge is -1.98. The molecular weight excluding hydrogens is 144 g/mol. The maximum absolute atomic E-state index is 3.83. The minimum atomic E-state index is 1.11. The highest BCUT2D eigenvalue weighted by Crippen LogP contribution is 2.08. The molecule has 71 valence electrons. The fraction of sp³-hybridized carbons (Fsp3) is 0.750. The lowest BCUT2D eigenvalue weighted by Crippen LogP contribution is -1.78. The van der Waals surface area contributed by atoms with E-state index in [-0.39, 0.29) is 0 Å². The summed E-state index contributed by atoms with van der Waals surface area (Å²) in [7, 11) is 0. The standard InChI is InChI=1S/C12H23/c1-3-5-7-9-11-12-10-8-6-4-2/h4,6H,1,3,5,7-12H2,2H3/b6-4+. The molecule has 0 amide bonds. The van der Waals surface area contributed by atoms with Crippen LogP contribution in [0.1, 0.15) is 58.3 Å². The van der Waals surface area contributed by atoms with Gasteiger partial charge >= 0.3 is 0 Å². The van der Waals surface area contributed by atoms with Crippen molar-refractivity contribution in [3.63, 3.8) is 0 Å². The SMILES string of the molecule is [CH2]CCCCCCCC/C=C/C. The number of unbranched alkanes of at least 4 members (excludes halogenated alkanes) is 7. The van der Waals surface area contributed by atoms with Crippen LogP contribution in [0.4, 0.5) is 0 Å². The van der Waals surface area contributed by atoms with E-state index < -0.39 is 0 Å². The molecule has 0 rings (SSSR count). The molecule has 0 saturated heterocycles. The number of allylic oxidation sites excluding steroid dienone is 2. The van der Waals surface area contributed by atoms with Crippen molar-refractivity contribution in [2.24, 2.45) is 0 Å². The fourth-order valence-electron chi connectivity index (χ4n) is 1.31. The van der Waals surface area contributed by atoms with Gasteiger partial charge in [0.25, 0.3) is 0 Å². The minimum Gasteiger partial charge on any atom is -0.0917 e. The van der Waals surface area contributed by atoms with Crippen LogP contribution in [0.5, 0.6) is 0 Å². The van der Waals surface area contributed by atoms with E-state index in [4.69, 9.17) is 0 Å². The molecule has 0 bridgehead atoms. The van der Waals surface area contributed by atoms with Crippen LogP contribution in [0.2, 0.25) is 0 Å². The van der Waals surface area contributed by atoms with Crippen molar-refractivity contribution >= 4 is 0 Å². The molecule has 0 atom stereocenters. The van der Waals surface area contributed by atoms with E-state index >= 15 is 0 Å². The second kappa shape index (κ2) is 10.7. The summed E-state index contributed by atoms with van der Waals surface area (Å²) in [5.41, 5.74) is 0. The number of hydrogen-bond donors (Lipinski definition) is 0. The Morgan fingerprint density at radius 2 is 1.50 bits per heavy atom. The van der Waals surface area contributed by atoms with Crippen molar-refractivity contribution in [2.45, 2.75) is 58.3 Å². The van der Waals surface area contributed by atoms with Gasteiger partial charge in [0.15, 0.2) is 0 Å². The van der Waals surface area contributed by atoms with Crippen LogP contribution in [-0.4, -0.2) is 0 Å². The molecule has 0 aromatic carbocycles. The molecular formula is C12H23. The average Bonchev–Trinajstić information content (AvgIpc) is 2.10. The maximum atomic E-state index is 3.83. The molecule has 0 aromatic rings. The maximum Gasteiger partial charge on any atom is -0.0351 e. The Balaban J connectivity index is 2.81. The molecule has 0 spiro atoms. The van der Waals surface area contributed by atoms with Crippen molar-refractivity contribution in [2.75, 3.05) is 0 Å². The van der Waals surface area contributed by atoms with Gasteiger partial charge in [0, 0.05) is 0 Å². The molecule has 0 saturated carbocycles. The molecule has 0 unspecified atom stereocenters. The van der Waals surface area contributed by atoms with Crippen LogP contribution in [0.15, 0.2) is 12.2 Å². The van der Waals surface area contributed by atoms with Crippen LogP contribution in [-0.2, 0) is 0 Å². The van der Waals surface area contributed by atoms with Gasteiger partial charge in [0.2, 0.25) is 0 Å². The lowest BCUT2D eigenvalue weighted by atomic mass is 10.1. The highest BCUT2D eigenvalue weighted by Gasteiger charge is 1.88. The predicted octanol–water partition coefficient (Wildman–Crippen LogP) is 4.52. The number of hydrogen-bond acceptors (Lipinski definition) is 0. The van der Waals surface area contributed by atoms with E-state index in [1.807, 2.05) is 0 Å². The van der Waals surface area contributed by atoms with Gasteiger partial charge in [-0.2, -0.15) is 0 Å². The monoisotopic (exact) mass is 167 g/mol. The molecule has 0 N–H and O–H groups in total. The quantitative estimate of drug-likeness (QED) is 0.368. The summed E-state index contributed by atoms with van der Waals surface area (Å²) in [6.45, 7) is 5.93. The third-order valence-electron chi connectivity index (χ3n) is 2.11. The largest absolute Gasteiger partial charge is 0.0917 e. The van der Waals surface area contributed by atoms with Gasteiger partial charge in [-0.05, 0) is 19.8 Å². The van der Waals surface area contributed by atoms with Crippen molar-refractivity contribution in [1.82, 2.24) is 0 Å². The Hall–Kier alpha value is -0.260. The molecule has 12 heavy (non-hydrogen) atoms. The summed E-state index contributed by atoms with van der Waals surface area (Å²) in [6.07, 6.45) is 15.1. The highest BCUT2D eigenvalue weighted by molar-refractivity contribution is 4.76. The van der Waals surface area contributed by atoms with Gasteiger partial charge in [-0.15, -0.1) is 0 Å². The second-order valence-corrected chi connectivity index (χ2v) is 3.33. The average molecular weight is 167 g/mol. The first kappa shape index (κ1) is 11.7. The molecule has 0 aliphatic carbocycles. The Morgan fingerprint density at radius 3 is 2.08 bits per heavy atom. The van der Waals surface area contributed by atoms with E-state index in [1.165, 1.54) is 44.9 Å². The molecule has 1 radical (unpaired) electrons. The Bertz CT molecular complexity index is 92.2. The van der Waals surface area contributed by atoms with Gasteiger partial charge in [-0.3, -0.25) is 0 Å². The third kappa shape index (κ3) is 9.74. The Labute approximate surface area is 78.1 Å². The topological polar surface area (TPSA) is 0 Å². The molecule has 0 heterocycles. The summed E-state index contributed by atoms with van der Waals surface area (Å²) >= 11 is 0. The van der Waals surface area contributed by atoms with E-state index in [0.29, 0.717) is 0 Å². The van der Waals surface area contributed by atoms with Crippen molar-refractivity contribution in [3.8, 4) is 0 Å². The third-order valence-corrected chi connectivity index (χ3v) is 2.11. The predicted molar refractivity (Wildman–Crippen MR) is 57.1 cm³/mol. The summed E-state index contributed by atoms with van der Waals surface area (Å²) < 4.78 is 0. The summed E-state index contributed by atoms with van der Waals surface area (Å²) in [5.74, 6) is 0. The van der Waals surface area contributed by atoms with Crippen LogP contribution in [0.3, 0.4) is 0 Å². The van der Waals surface area contributed by atoms with Crippen LogP contribution in [0, 0.1) is 6.92 Å².